The van der Waals surface area contributed by atoms with Crippen molar-refractivity contribution in [2.45, 2.75) is 38.8 Å². The van der Waals surface area contributed by atoms with Gasteiger partial charge in [0.1, 0.15) is 11.9 Å². The highest BCUT2D eigenvalue weighted by atomic mass is 16.5. The van der Waals surface area contributed by atoms with Gasteiger partial charge in [0, 0.05) is 57.8 Å². The van der Waals surface area contributed by atoms with E-state index in [1.807, 2.05) is 29.5 Å². The Hall–Kier alpha value is -1.40. The topological polar surface area (TPSA) is 50.6 Å². The second-order valence-corrected chi connectivity index (χ2v) is 6.26. The first-order valence-corrected chi connectivity index (χ1v) is 8.27. The number of rotatable bonds is 3. The van der Waals surface area contributed by atoms with E-state index in [4.69, 9.17) is 4.74 Å². The van der Waals surface area contributed by atoms with E-state index in [0.717, 1.165) is 58.1 Å². The van der Waals surface area contributed by atoms with E-state index < -0.39 is 0 Å². The third kappa shape index (κ3) is 3.17. The van der Waals surface area contributed by atoms with Gasteiger partial charge in [-0.25, -0.2) is 4.98 Å². The van der Waals surface area contributed by atoms with Gasteiger partial charge in [-0.1, -0.05) is 0 Å². The summed E-state index contributed by atoms with van der Waals surface area (Å²) in [5, 5.41) is 0. The fourth-order valence-corrected chi connectivity index (χ4v) is 3.54. The van der Waals surface area contributed by atoms with Crippen molar-refractivity contribution in [2.75, 3.05) is 39.4 Å². The number of amides is 1. The standard InChI is InChI=1S/C16H26N4O2/c1-13(20-6-5-17-14(20)2)16(21)19-9-7-18(8-10-19)15-3-11-22-12-4-15/h5-6,13,15H,3-4,7-12H2,1-2H3. The number of hydrogen-bond acceptors (Lipinski definition) is 4. The van der Waals surface area contributed by atoms with Crippen molar-refractivity contribution in [3.05, 3.63) is 18.2 Å². The summed E-state index contributed by atoms with van der Waals surface area (Å²) in [4.78, 5) is 21.4. The van der Waals surface area contributed by atoms with Gasteiger partial charge in [-0.15, -0.1) is 0 Å². The Balaban J connectivity index is 1.54. The van der Waals surface area contributed by atoms with Gasteiger partial charge in [0.15, 0.2) is 0 Å². The molecule has 1 amide bonds. The van der Waals surface area contributed by atoms with Gasteiger partial charge in [-0.05, 0) is 26.7 Å². The predicted molar refractivity (Wildman–Crippen MR) is 83.7 cm³/mol. The summed E-state index contributed by atoms with van der Waals surface area (Å²) in [6.45, 7) is 9.26. The fourth-order valence-electron chi connectivity index (χ4n) is 3.54. The molecule has 1 aromatic heterocycles. The molecule has 0 aliphatic carbocycles. The Bertz CT molecular complexity index is 502. The van der Waals surface area contributed by atoms with Crippen molar-refractivity contribution in [3.8, 4) is 0 Å². The van der Waals surface area contributed by atoms with Crippen LogP contribution in [0, 0.1) is 6.92 Å². The Morgan fingerprint density at radius 1 is 1.27 bits per heavy atom. The van der Waals surface area contributed by atoms with Gasteiger partial charge < -0.3 is 14.2 Å². The van der Waals surface area contributed by atoms with Crippen molar-refractivity contribution in [1.29, 1.82) is 0 Å². The van der Waals surface area contributed by atoms with Crippen LogP contribution in [0.4, 0.5) is 0 Å². The second-order valence-electron chi connectivity index (χ2n) is 6.26. The second kappa shape index (κ2) is 6.79. The van der Waals surface area contributed by atoms with Crippen molar-refractivity contribution >= 4 is 5.91 Å². The maximum atomic E-state index is 12.7. The zero-order chi connectivity index (χ0) is 15.5. The summed E-state index contributed by atoms with van der Waals surface area (Å²) in [5.41, 5.74) is 0. The van der Waals surface area contributed by atoms with Crippen LogP contribution in [0.3, 0.4) is 0 Å². The summed E-state index contributed by atoms with van der Waals surface area (Å²) in [6, 6.07) is 0.469. The zero-order valence-corrected chi connectivity index (χ0v) is 13.6. The van der Waals surface area contributed by atoms with Gasteiger partial charge in [0.05, 0.1) is 0 Å². The lowest BCUT2D eigenvalue weighted by atomic mass is 10.1. The SMILES string of the molecule is Cc1nccn1C(C)C(=O)N1CCN(C2CCOCC2)CC1. The Morgan fingerprint density at radius 2 is 1.95 bits per heavy atom. The van der Waals surface area contributed by atoms with Crippen LogP contribution < -0.4 is 0 Å². The van der Waals surface area contributed by atoms with Crippen LogP contribution in [0.2, 0.25) is 0 Å². The molecule has 1 atom stereocenters. The Kier molecular flexibility index (Phi) is 4.78. The molecule has 0 bridgehead atoms. The minimum Gasteiger partial charge on any atom is -0.381 e. The third-order valence-electron chi connectivity index (χ3n) is 4.97. The fraction of sp³-hybridized carbons (Fsp3) is 0.750. The molecule has 22 heavy (non-hydrogen) atoms. The van der Waals surface area contributed by atoms with Gasteiger partial charge >= 0.3 is 0 Å². The number of carbonyl (C=O) groups excluding carboxylic acids is 1. The number of piperazine rings is 1. The normalized spacial score (nSPS) is 22.7. The van der Waals surface area contributed by atoms with Crippen LogP contribution in [-0.2, 0) is 9.53 Å². The smallest absolute Gasteiger partial charge is 0.245 e. The van der Waals surface area contributed by atoms with E-state index >= 15 is 0 Å². The molecule has 2 fully saturated rings. The number of ether oxygens (including phenoxy) is 1. The summed E-state index contributed by atoms with van der Waals surface area (Å²) >= 11 is 0. The van der Waals surface area contributed by atoms with Gasteiger partial charge in [0.2, 0.25) is 5.91 Å². The molecule has 0 saturated carbocycles. The third-order valence-corrected chi connectivity index (χ3v) is 4.97. The highest BCUT2D eigenvalue weighted by Gasteiger charge is 2.29. The molecule has 2 aliphatic heterocycles. The molecule has 2 saturated heterocycles. The first kappa shape index (κ1) is 15.5. The predicted octanol–water partition coefficient (Wildman–Crippen LogP) is 1.08. The van der Waals surface area contributed by atoms with Gasteiger partial charge in [-0.2, -0.15) is 0 Å². The van der Waals surface area contributed by atoms with Gasteiger partial charge in [0.25, 0.3) is 0 Å². The molecule has 122 valence electrons. The highest BCUT2D eigenvalue weighted by molar-refractivity contribution is 5.80. The Morgan fingerprint density at radius 3 is 2.55 bits per heavy atom. The minimum atomic E-state index is -0.169. The molecule has 3 heterocycles. The molecule has 0 N–H and O–H groups in total. The summed E-state index contributed by atoms with van der Waals surface area (Å²) in [6.07, 6.45) is 5.88. The lowest BCUT2D eigenvalue weighted by molar-refractivity contribution is -0.136. The van der Waals surface area contributed by atoms with E-state index in [9.17, 15) is 4.79 Å². The summed E-state index contributed by atoms with van der Waals surface area (Å²) < 4.78 is 7.39. The van der Waals surface area contributed by atoms with Gasteiger partial charge in [-0.3, -0.25) is 9.69 Å². The first-order chi connectivity index (χ1) is 10.7. The molecule has 2 aliphatic rings. The molecular formula is C16H26N4O2. The lowest BCUT2D eigenvalue weighted by Gasteiger charge is -2.41. The molecule has 0 spiro atoms. The van der Waals surface area contributed by atoms with Crippen LogP contribution in [0.15, 0.2) is 12.4 Å². The number of aryl methyl sites for hydroxylation is 1. The number of nitrogens with zero attached hydrogens (tertiary/aromatic N) is 4. The molecule has 6 heteroatoms. The van der Waals surface area contributed by atoms with Crippen LogP contribution in [0.5, 0.6) is 0 Å². The number of imidazole rings is 1. The van der Waals surface area contributed by atoms with Crippen LogP contribution in [0.25, 0.3) is 0 Å². The lowest BCUT2D eigenvalue weighted by Crippen LogP contribution is -2.54. The molecule has 0 aromatic carbocycles. The molecule has 3 rings (SSSR count). The van der Waals surface area contributed by atoms with E-state index in [-0.39, 0.29) is 11.9 Å². The first-order valence-electron chi connectivity index (χ1n) is 8.27. The summed E-state index contributed by atoms with van der Waals surface area (Å²) in [5.74, 6) is 1.09. The van der Waals surface area contributed by atoms with Crippen molar-refractivity contribution in [1.82, 2.24) is 19.4 Å². The average molecular weight is 306 g/mol. The van der Waals surface area contributed by atoms with Crippen molar-refractivity contribution in [2.24, 2.45) is 0 Å². The Labute approximate surface area is 132 Å². The molecule has 0 radical (unpaired) electrons. The van der Waals surface area contributed by atoms with E-state index in [0.29, 0.717) is 6.04 Å². The van der Waals surface area contributed by atoms with Crippen molar-refractivity contribution < 1.29 is 9.53 Å². The molecule has 6 nitrogen and oxygen atoms in total. The maximum Gasteiger partial charge on any atom is 0.245 e. The molecule has 1 unspecified atom stereocenters. The number of hydrogen-bond donors (Lipinski definition) is 0. The molecular weight excluding hydrogens is 280 g/mol. The monoisotopic (exact) mass is 306 g/mol. The molecule has 1 aromatic rings. The van der Waals surface area contributed by atoms with E-state index in [2.05, 4.69) is 9.88 Å². The van der Waals surface area contributed by atoms with E-state index in [1.165, 1.54) is 0 Å². The highest BCUT2D eigenvalue weighted by Crippen LogP contribution is 2.19. The van der Waals surface area contributed by atoms with Crippen LogP contribution in [0.1, 0.15) is 31.6 Å². The largest absolute Gasteiger partial charge is 0.381 e. The zero-order valence-electron chi connectivity index (χ0n) is 13.6. The number of aromatic nitrogens is 2. The van der Waals surface area contributed by atoms with Crippen LogP contribution >= 0.6 is 0 Å². The summed E-state index contributed by atoms with van der Waals surface area (Å²) in [7, 11) is 0. The quantitative estimate of drug-likeness (QED) is 0.838. The minimum absolute atomic E-state index is 0.169. The average Bonchev–Trinajstić information content (AvgIpc) is 3.00. The van der Waals surface area contributed by atoms with E-state index in [1.54, 1.807) is 6.20 Å². The number of carbonyl (C=O) groups is 1. The van der Waals surface area contributed by atoms with Crippen LogP contribution in [-0.4, -0.2) is 70.7 Å². The maximum absolute atomic E-state index is 12.7. The van der Waals surface area contributed by atoms with Crippen molar-refractivity contribution in [3.63, 3.8) is 0 Å².